The zero-order valence-corrected chi connectivity index (χ0v) is 9.12. The molecule has 0 aromatic heterocycles. The monoisotopic (exact) mass is 200 g/mol. The maximum absolute atomic E-state index is 11.0. The van der Waals surface area contributed by atoms with E-state index in [4.69, 9.17) is 0 Å². The summed E-state index contributed by atoms with van der Waals surface area (Å²) in [6.07, 6.45) is 5.44. The number of carbonyl (C=O) groups excluding carboxylic acids is 2. The van der Waals surface area contributed by atoms with Gasteiger partial charge < -0.3 is 4.74 Å². The van der Waals surface area contributed by atoms with Crippen molar-refractivity contribution in [1.82, 2.24) is 0 Å². The average Bonchev–Trinajstić information content (AvgIpc) is 2.55. The van der Waals surface area contributed by atoms with E-state index in [2.05, 4.69) is 11.7 Å². The molecule has 3 heteroatoms. The fourth-order valence-corrected chi connectivity index (χ4v) is 1.61. The Labute approximate surface area is 85.8 Å². The number of rotatable bonds is 4. The molecule has 3 nitrogen and oxygen atoms in total. The van der Waals surface area contributed by atoms with E-state index in [1.165, 1.54) is 0 Å². The van der Waals surface area contributed by atoms with Gasteiger partial charge in [-0.1, -0.05) is 13.3 Å². The fourth-order valence-electron chi connectivity index (χ4n) is 1.61. The maximum atomic E-state index is 11.0. The standard InChI is InChI=1S/C8H14O.C3H6O2/c1-2-4-7-5-3-6-8(7)9;1-2-5-3-4/h7H,2-6H2,1H3;3H,2H2,1H3. The summed E-state index contributed by atoms with van der Waals surface area (Å²) in [5.41, 5.74) is 0. The van der Waals surface area contributed by atoms with E-state index in [1.54, 1.807) is 6.92 Å². The van der Waals surface area contributed by atoms with Crippen LogP contribution in [0, 0.1) is 5.92 Å². The first kappa shape index (κ1) is 13.1. The molecule has 0 radical (unpaired) electrons. The van der Waals surface area contributed by atoms with Gasteiger partial charge >= 0.3 is 0 Å². The van der Waals surface area contributed by atoms with Crippen molar-refractivity contribution >= 4 is 12.3 Å². The quantitative estimate of drug-likeness (QED) is 0.654. The van der Waals surface area contributed by atoms with Gasteiger partial charge in [0.1, 0.15) is 5.78 Å². The van der Waals surface area contributed by atoms with Crippen molar-refractivity contribution in [1.29, 1.82) is 0 Å². The molecule has 0 saturated heterocycles. The lowest BCUT2D eigenvalue weighted by atomic mass is 10.0. The molecule has 0 aromatic carbocycles. The van der Waals surface area contributed by atoms with Crippen LogP contribution in [0.15, 0.2) is 0 Å². The van der Waals surface area contributed by atoms with Crippen LogP contribution in [0.3, 0.4) is 0 Å². The Bertz CT molecular complexity index is 166. The van der Waals surface area contributed by atoms with Gasteiger partial charge in [0.15, 0.2) is 0 Å². The summed E-state index contributed by atoms with van der Waals surface area (Å²) < 4.78 is 4.15. The zero-order valence-electron chi connectivity index (χ0n) is 9.12. The second-order valence-corrected chi connectivity index (χ2v) is 3.40. The summed E-state index contributed by atoms with van der Waals surface area (Å²) >= 11 is 0. The lowest BCUT2D eigenvalue weighted by Crippen LogP contribution is -2.04. The van der Waals surface area contributed by atoms with Gasteiger partial charge in [-0.3, -0.25) is 9.59 Å². The van der Waals surface area contributed by atoms with E-state index in [0.717, 1.165) is 32.1 Å². The van der Waals surface area contributed by atoms with E-state index in [9.17, 15) is 9.59 Å². The highest BCUT2D eigenvalue weighted by Gasteiger charge is 2.22. The van der Waals surface area contributed by atoms with Gasteiger partial charge in [0, 0.05) is 12.3 Å². The van der Waals surface area contributed by atoms with Gasteiger partial charge in [-0.05, 0) is 26.2 Å². The summed E-state index contributed by atoms with van der Waals surface area (Å²) in [7, 11) is 0. The Morgan fingerprint density at radius 3 is 2.50 bits per heavy atom. The first-order valence-electron chi connectivity index (χ1n) is 5.34. The summed E-state index contributed by atoms with van der Waals surface area (Å²) in [5, 5.41) is 0. The molecule has 0 amide bonds. The van der Waals surface area contributed by atoms with Crippen LogP contribution in [0.25, 0.3) is 0 Å². The Morgan fingerprint density at radius 2 is 2.21 bits per heavy atom. The molecular weight excluding hydrogens is 180 g/mol. The topological polar surface area (TPSA) is 43.4 Å². The molecule has 1 unspecified atom stereocenters. The predicted octanol–water partition coefficient (Wildman–Crippen LogP) is 2.33. The van der Waals surface area contributed by atoms with Crippen LogP contribution in [-0.2, 0) is 14.3 Å². The molecule has 0 N–H and O–H groups in total. The van der Waals surface area contributed by atoms with Gasteiger partial charge in [0.05, 0.1) is 6.61 Å². The number of hydrogen-bond acceptors (Lipinski definition) is 3. The molecule has 0 heterocycles. The lowest BCUT2D eigenvalue weighted by molar-refractivity contribution is -0.128. The Kier molecular flexibility index (Phi) is 8.19. The molecule has 1 atom stereocenters. The second kappa shape index (κ2) is 8.73. The van der Waals surface area contributed by atoms with Crippen LogP contribution in [-0.4, -0.2) is 18.9 Å². The van der Waals surface area contributed by atoms with Crippen LogP contribution >= 0.6 is 0 Å². The Morgan fingerprint density at radius 1 is 1.50 bits per heavy atom. The van der Waals surface area contributed by atoms with Crippen molar-refractivity contribution < 1.29 is 14.3 Å². The first-order chi connectivity index (χ1) is 6.76. The second-order valence-electron chi connectivity index (χ2n) is 3.40. The first-order valence-corrected chi connectivity index (χ1v) is 5.34. The maximum Gasteiger partial charge on any atom is 0.293 e. The molecule has 0 aliphatic heterocycles. The Balaban J connectivity index is 0.000000292. The van der Waals surface area contributed by atoms with Crippen LogP contribution < -0.4 is 0 Å². The van der Waals surface area contributed by atoms with Gasteiger partial charge in [-0.2, -0.15) is 0 Å². The van der Waals surface area contributed by atoms with E-state index < -0.39 is 0 Å². The molecule has 0 spiro atoms. The summed E-state index contributed by atoms with van der Waals surface area (Å²) in [6.45, 7) is 4.81. The van der Waals surface area contributed by atoms with E-state index >= 15 is 0 Å². The smallest absolute Gasteiger partial charge is 0.293 e. The fraction of sp³-hybridized carbons (Fsp3) is 0.818. The minimum absolute atomic E-state index is 0.431. The highest BCUT2D eigenvalue weighted by molar-refractivity contribution is 5.82. The van der Waals surface area contributed by atoms with Gasteiger partial charge in [-0.25, -0.2) is 0 Å². The van der Waals surface area contributed by atoms with E-state index in [0.29, 0.717) is 24.8 Å². The van der Waals surface area contributed by atoms with Crippen molar-refractivity contribution in [2.75, 3.05) is 6.61 Å². The zero-order chi connectivity index (χ0) is 10.8. The molecule has 1 fully saturated rings. The average molecular weight is 200 g/mol. The molecule has 0 aromatic rings. The van der Waals surface area contributed by atoms with Gasteiger partial charge in [0.25, 0.3) is 6.47 Å². The minimum atomic E-state index is 0.431. The SMILES string of the molecule is CCCC1CCCC1=O.CCOC=O. The third-order valence-electron chi connectivity index (χ3n) is 2.30. The summed E-state index contributed by atoms with van der Waals surface area (Å²) in [5.74, 6) is 0.951. The third-order valence-corrected chi connectivity index (χ3v) is 2.30. The van der Waals surface area contributed by atoms with Crippen molar-refractivity contribution in [2.45, 2.75) is 46.0 Å². The molecule has 1 aliphatic rings. The highest BCUT2D eigenvalue weighted by Crippen LogP contribution is 2.24. The van der Waals surface area contributed by atoms with Crippen molar-refractivity contribution in [3.05, 3.63) is 0 Å². The van der Waals surface area contributed by atoms with Crippen LogP contribution in [0.5, 0.6) is 0 Å². The van der Waals surface area contributed by atoms with Crippen LogP contribution in [0.1, 0.15) is 46.0 Å². The molecule has 0 bridgehead atoms. The van der Waals surface area contributed by atoms with Crippen molar-refractivity contribution in [2.24, 2.45) is 5.92 Å². The van der Waals surface area contributed by atoms with Crippen LogP contribution in [0.4, 0.5) is 0 Å². The number of ketones is 1. The number of carbonyl (C=O) groups is 2. The minimum Gasteiger partial charge on any atom is -0.468 e. The number of ether oxygens (including phenoxy) is 1. The van der Waals surface area contributed by atoms with Crippen LogP contribution in [0.2, 0.25) is 0 Å². The molecular formula is C11H20O3. The molecule has 1 rings (SSSR count). The summed E-state index contributed by atoms with van der Waals surface area (Å²) in [4.78, 5) is 20.1. The number of hydrogen-bond donors (Lipinski definition) is 0. The molecule has 14 heavy (non-hydrogen) atoms. The predicted molar refractivity (Wildman–Crippen MR) is 54.9 cm³/mol. The summed E-state index contributed by atoms with van der Waals surface area (Å²) in [6, 6.07) is 0. The largest absolute Gasteiger partial charge is 0.468 e. The highest BCUT2D eigenvalue weighted by atomic mass is 16.5. The molecule has 1 aliphatic carbocycles. The van der Waals surface area contributed by atoms with Gasteiger partial charge in [-0.15, -0.1) is 0 Å². The number of Topliss-reactive ketones (excluding diaryl/α,β-unsaturated/α-hetero) is 1. The van der Waals surface area contributed by atoms with Gasteiger partial charge in [0.2, 0.25) is 0 Å². The van der Waals surface area contributed by atoms with E-state index in [-0.39, 0.29) is 0 Å². The third kappa shape index (κ3) is 5.73. The normalized spacial score (nSPS) is 19.9. The molecule has 82 valence electrons. The van der Waals surface area contributed by atoms with Crippen molar-refractivity contribution in [3.8, 4) is 0 Å². The van der Waals surface area contributed by atoms with E-state index in [1.807, 2.05) is 0 Å². The lowest BCUT2D eigenvalue weighted by Gasteiger charge is -2.02. The Hall–Kier alpha value is -0.860. The van der Waals surface area contributed by atoms with Crippen molar-refractivity contribution in [3.63, 3.8) is 0 Å². The molecule has 1 saturated carbocycles.